The minimum Gasteiger partial charge on any atom is -0.480 e. The van der Waals surface area contributed by atoms with Crippen LogP contribution in [0.3, 0.4) is 0 Å². The first-order valence-corrected chi connectivity index (χ1v) is 12.9. The second-order valence-electron chi connectivity index (χ2n) is 9.51. The maximum absolute atomic E-state index is 13.7. The number of benzene rings is 1. The van der Waals surface area contributed by atoms with E-state index in [1.807, 2.05) is 30.3 Å². The summed E-state index contributed by atoms with van der Waals surface area (Å²) in [6.45, 7) is 0.747. The third kappa shape index (κ3) is 8.12. The molecule has 8 N–H and O–H groups in total. The van der Waals surface area contributed by atoms with E-state index in [1.54, 1.807) is 6.20 Å². The summed E-state index contributed by atoms with van der Waals surface area (Å²) in [5.74, 6) is -2.59. The molecule has 0 radical (unpaired) electrons. The number of aromatic nitrogens is 2. The zero-order valence-electron chi connectivity index (χ0n) is 21.3. The van der Waals surface area contributed by atoms with Crippen LogP contribution in [0.15, 0.2) is 42.9 Å². The number of carboxylic acids is 1. The van der Waals surface area contributed by atoms with E-state index in [4.69, 9.17) is 11.5 Å². The number of aromatic amines is 1. The fraction of sp³-hybridized carbons (Fsp3) is 0.500. The van der Waals surface area contributed by atoms with Gasteiger partial charge in [-0.2, -0.15) is 0 Å². The minimum absolute atomic E-state index is 0.129. The quantitative estimate of drug-likeness (QED) is 0.180. The Bertz CT molecular complexity index is 1060. The molecule has 4 atom stereocenters. The van der Waals surface area contributed by atoms with Gasteiger partial charge in [0.25, 0.3) is 0 Å². The Morgan fingerprint density at radius 1 is 1.11 bits per heavy atom. The highest BCUT2D eigenvalue weighted by molar-refractivity contribution is 5.94. The summed E-state index contributed by atoms with van der Waals surface area (Å²) >= 11 is 0. The van der Waals surface area contributed by atoms with Gasteiger partial charge in [-0.3, -0.25) is 14.4 Å². The number of hydrogen-bond donors (Lipinski definition) is 6. The van der Waals surface area contributed by atoms with Crippen LogP contribution in [0.25, 0.3) is 0 Å². The molecule has 0 bridgehead atoms. The molecular weight excluding hydrogens is 490 g/mol. The number of hydrogen-bond acceptors (Lipinski definition) is 7. The molecule has 0 spiro atoms. The summed E-state index contributed by atoms with van der Waals surface area (Å²) in [6, 6.07) is 5.56. The first-order chi connectivity index (χ1) is 18.3. The number of amides is 3. The van der Waals surface area contributed by atoms with Crippen LogP contribution >= 0.6 is 0 Å². The van der Waals surface area contributed by atoms with E-state index in [0.29, 0.717) is 50.9 Å². The normalized spacial score (nSPS) is 17.4. The number of unbranched alkanes of at least 4 members (excludes halogenated alkanes) is 1. The van der Waals surface area contributed by atoms with Crippen molar-refractivity contribution in [3.05, 3.63) is 54.1 Å². The SMILES string of the molecule is NCCCCC(NC(=O)C1CCCN1C(=O)C(Cc1cnc[nH]1)NC(=O)C(N)Cc1ccccc1)C(=O)O. The van der Waals surface area contributed by atoms with Crippen LogP contribution < -0.4 is 22.1 Å². The van der Waals surface area contributed by atoms with Crippen LogP contribution in [0, 0.1) is 0 Å². The van der Waals surface area contributed by atoms with Crippen LogP contribution in [0.5, 0.6) is 0 Å². The lowest BCUT2D eigenvalue weighted by atomic mass is 10.0. The lowest BCUT2D eigenvalue weighted by molar-refractivity contribution is -0.145. The van der Waals surface area contributed by atoms with Crippen molar-refractivity contribution in [3.63, 3.8) is 0 Å². The number of nitrogens with one attached hydrogen (secondary N) is 3. The van der Waals surface area contributed by atoms with Crippen molar-refractivity contribution in [1.29, 1.82) is 0 Å². The molecule has 2 aromatic rings. The van der Waals surface area contributed by atoms with E-state index in [2.05, 4.69) is 20.6 Å². The lowest BCUT2D eigenvalue weighted by Crippen LogP contribution is -2.57. The Morgan fingerprint density at radius 3 is 2.53 bits per heavy atom. The monoisotopic (exact) mass is 527 g/mol. The number of nitrogens with zero attached hydrogens (tertiary/aromatic N) is 2. The van der Waals surface area contributed by atoms with Crippen LogP contribution in [-0.2, 0) is 32.0 Å². The molecule has 1 aliphatic rings. The van der Waals surface area contributed by atoms with Gasteiger partial charge < -0.3 is 37.1 Å². The zero-order valence-corrected chi connectivity index (χ0v) is 21.3. The Kier molecular flexibility index (Phi) is 10.8. The smallest absolute Gasteiger partial charge is 0.326 e. The average Bonchev–Trinajstić information content (AvgIpc) is 3.60. The summed E-state index contributed by atoms with van der Waals surface area (Å²) in [5, 5.41) is 14.9. The molecule has 1 fully saturated rings. The van der Waals surface area contributed by atoms with Crippen molar-refractivity contribution in [3.8, 4) is 0 Å². The minimum atomic E-state index is -1.14. The third-order valence-corrected chi connectivity index (χ3v) is 6.63. The highest BCUT2D eigenvalue weighted by atomic mass is 16.4. The second kappa shape index (κ2) is 14.2. The van der Waals surface area contributed by atoms with Crippen molar-refractivity contribution in [2.75, 3.05) is 13.1 Å². The van der Waals surface area contributed by atoms with E-state index < -0.39 is 47.9 Å². The van der Waals surface area contributed by atoms with Crippen molar-refractivity contribution >= 4 is 23.7 Å². The van der Waals surface area contributed by atoms with Gasteiger partial charge in [-0.25, -0.2) is 9.78 Å². The Morgan fingerprint density at radius 2 is 1.87 bits per heavy atom. The van der Waals surface area contributed by atoms with Gasteiger partial charge in [0.05, 0.1) is 12.4 Å². The molecule has 1 saturated heterocycles. The summed E-state index contributed by atoms with van der Waals surface area (Å²) in [5.41, 5.74) is 13.2. The van der Waals surface area contributed by atoms with Crippen LogP contribution in [0.4, 0.5) is 0 Å². The number of likely N-dealkylation sites (tertiary alicyclic amines) is 1. The number of aliphatic carboxylic acids is 1. The first kappa shape index (κ1) is 28.8. The molecule has 3 amide bonds. The highest BCUT2D eigenvalue weighted by Gasteiger charge is 2.39. The van der Waals surface area contributed by atoms with Gasteiger partial charge in [0.1, 0.15) is 18.1 Å². The maximum Gasteiger partial charge on any atom is 0.326 e. The van der Waals surface area contributed by atoms with Crippen LogP contribution in [0.1, 0.15) is 43.4 Å². The number of carboxylic acid groups (broad SMARTS) is 1. The molecule has 4 unspecified atom stereocenters. The Balaban J connectivity index is 1.70. The number of rotatable bonds is 14. The summed E-state index contributed by atoms with van der Waals surface area (Å²) < 4.78 is 0. The van der Waals surface area contributed by atoms with Gasteiger partial charge in [0.2, 0.25) is 17.7 Å². The Hall–Kier alpha value is -3.77. The molecule has 1 aliphatic heterocycles. The molecular formula is C26H37N7O5. The molecule has 206 valence electrons. The number of carbonyl (C=O) groups excluding carboxylic acids is 3. The molecule has 12 nitrogen and oxygen atoms in total. The topological polar surface area (TPSA) is 197 Å². The summed E-state index contributed by atoms with van der Waals surface area (Å²) in [7, 11) is 0. The third-order valence-electron chi connectivity index (χ3n) is 6.63. The van der Waals surface area contributed by atoms with Gasteiger partial charge in [-0.05, 0) is 50.6 Å². The predicted molar refractivity (Wildman–Crippen MR) is 140 cm³/mol. The highest BCUT2D eigenvalue weighted by Crippen LogP contribution is 2.20. The van der Waals surface area contributed by atoms with Gasteiger partial charge in [-0.15, -0.1) is 0 Å². The Labute approximate surface area is 221 Å². The molecule has 3 rings (SSSR count). The van der Waals surface area contributed by atoms with Crippen LogP contribution in [0.2, 0.25) is 0 Å². The maximum atomic E-state index is 13.7. The number of carbonyl (C=O) groups is 4. The number of imidazole rings is 1. The van der Waals surface area contributed by atoms with E-state index in [1.165, 1.54) is 11.2 Å². The summed E-state index contributed by atoms with van der Waals surface area (Å²) in [6.07, 6.45) is 5.88. The fourth-order valence-corrected chi connectivity index (χ4v) is 4.58. The predicted octanol–water partition coefficient (Wildman–Crippen LogP) is -0.304. The van der Waals surface area contributed by atoms with E-state index in [0.717, 1.165) is 5.56 Å². The van der Waals surface area contributed by atoms with Crippen molar-refractivity contribution < 1.29 is 24.3 Å². The number of nitrogens with two attached hydrogens (primary N) is 2. The lowest BCUT2D eigenvalue weighted by Gasteiger charge is -2.30. The first-order valence-electron chi connectivity index (χ1n) is 12.9. The molecule has 0 saturated carbocycles. The van der Waals surface area contributed by atoms with E-state index >= 15 is 0 Å². The van der Waals surface area contributed by atoms with Crippen molar-refractivity contribution in [2.45, 2.75) is 69.1 Å². The average molecular weight is 528 g/mol. The molecule has 2 heterocycles. The van der Waals surface area contributed by atoms with Gasteiger partial charge >= 0.3 is 5.97 Å². The van der Waals surface area contributed by atoms with E-state index in [9.17, 15) is 24.3 Å². The van der Waals surface area contributed by atoms with E-state index in [-0.39, 0.29) is 12.8 Å². The fourth-order valence-electron chi connectivity index (χ4n) is 4.58. The molecule has 1 aromatic heterocycles. The standard InChI is InChI=1S/C26H37N7O5/c27-11-5-4-9-20(26(37)38)31-24(35)22-10-6-12-33(22)25(36)21(14-18-15-29-16-30-18)32-23(34)19(28)13-17-7-2-1-3-8-17/h1-3,7-8,15-16,19-22H,4-6,9-14,27-28H2,(H,29,30)(H,31,35)(H,32,34)(H,37,38). The summed E-state index contributed by atoms with van der Waals surface area (Å²) in [4.78, 5) is 59.7. The molecule has 12 heteroatoms. The van der Waals surface area contributed by atoms with Gasteiger partial charge in [0.15, 0.2) is 0 Å². The zero-order chi connectivity index (χ0) is 27.5. The van der Waals surface area contributed by atoms with Gasteiger partial charge in [-0.1, -0.05) is 30.3 Å². The molecule has 0 aliphatic carbocycles. The van der Waals surface area contributed by atoms with Crippen molar-refractivity contribution in [2.24, 2.45) is 11.5 Å². The molecule has 1 aromatic carbocycles. The van der Waals surface area contributed by atoms with Gasteiger partial charge in [0, 0.05) is 24.9 Å². The number of H-pyrrole nitrogens is 1. The molecule has 38 heavy (non-hydrogen) atoms. The second-order valence-corrected chi connectivity index (χ2v) is 9.51. The van der Waals surface area contributed by atoms with Crippen LogP contribution in [-0.4, -0.2) is 80.9 Å². The van der Waals surface area contributed by atoms with Crippen molar-refractivity contribution in [1.82, 2.24) is 25.5 Å². The largest absolute Gasteiger partial charge is 0.480 e.